The van der Waals surface area contributed by atoms with Crippen LogP contribution in [0.15, 0.2) is 22.8 Å². The number of carbonyl (C=O) groups excluding carboxylic acids is 1. The van der Waals surface area contributed by atoms with Crippen molar-refractivity contribution < 1.29 is 9.21 Å². The topological polar surface area (TPSA) is 57.5 Å². The lowest BCUT2D eigenvalue weighted by atomic mass is 10.3. The Morgan fingerprint density at radius 1 is 1.26 bits per heavy atom. The Bertz CT molecular complexity index is 359. The summed E-state index contributed by atoms with van der Waals surface area (Å²) < 4.78 is 5.14. The summed E-state index contributed by atoms with van der Waals surface area (Å²) in [5.74, 6) is 0.768. The van der Waals surface area contributed by atoms with Crippen LogP contribution in [0, 0.1) is 0 Å². The number of hydrogen-bond donors (Lipinski definition) is 2. The van der Waals surface area contributed by atoms with E-state index in [4.69, 9.17) is 4.42 Å². The average molecular weight is 265 g/mol. The summed E-state index contributed by atoms with van der Waals surface area (Å²) in [5, 5.41) is 5.62. The molecule has 106 valence electrons. The van der Waals surface area contributed by atoms with Gasteiger partial charge in [-0.15, -0.1) is 0 Å². The smallest absolute Gasteiger partial charge is 0.315 e. The number of nitrogens with one attached hydrogen (secondary N) is 2. The van der Waals surface area contributed by atoms with E-state index in [0.29, 0.717) is 6.54 Å². The van der Waals surface area contributed by atoms with E-state index in [1.807, 2.05) is 12.1 Å². The van der Waals surface area contributed by atoms with Gasteiger partial charge < -0.3 is 20.0 Å². The molecule has 0 atom stereocenters. The van der Waals surface area contributed by atoms with Crippen molar-refractivity contribution in [1.29, 1.82) is 0 Å². The maximum absolute atomic E-state index is 11.5. The third kappa shape index (κ3) is 5.34. The highest BCUT2D eigenvalue weighted by molar-refractivity contribution is 5.73. The summed E-state index contributed by atoms with van der Waals surface area (Å²) in [7, 11) is 0. The SMILES string of the molecule is O=C(NCCCCN1CCCC1)NCc1ccco1. The van der Waals surface area contributed by atoms with Crippen LogP contribution in [0.4, 0.5) is 4.79 Å². The Kier molecular flexibility index (Phi) is 5.75. The monoisotopic (exact) mass is 265 g/mol. The molecule has 2 N–H and O–H groups in total. The molecule has 2 rings (SSSR count). The minimum atomic E-state index is -0.127. The van der Waals surface area contributed by atoms with Crippen LogP contribution in [-0.4, -0.2) is 37.1 Å². The summed E-state index contributed by atoms with van der Waals surface area (Å²) in [6.07, 6.45) is 6.47. The number of unbranched alkanes of at least 4 members (excludes halogenated alkanes) is 1. The van der Waals surface area contributed by atoms with Crippen LogP contribution in [-0.2, 0) is 6.54 Å². The molecule has 0 saturated carbocycles. The molecule has 1 saturated heterocycles. The van der Waals surface area contributed by atoms with Gasteiger partial charge in [-0.1, -0.05) is 0 Å². The fourth-order valence-corrected chi connectivity index (χ4v) is 2.31. The lowest BCUT2D eigenvalue weighted by molar-refractivity contribution is 0.239. The van der Waals surface area contributed by atoms with E-state index in [0.717, 1.165) is 31.7 Å². The van der Waals surface area contributed by atoms with Crippen LogP contribution in [0.3, 0.4) is 0 Å². The number of hydrogen-bond acceptors (Lipinski definition) is 3. The normalized spacial score (nSPS) is 15.6. The largest absolute Gasteiger partial charge is 0.467 e. The van der Waals surface area contributed by atoms with E-state index in [9.17, 15) is 4.79 Å². The predicted octanol–water partition coefficient (Wildman–Crippen LogP) is 1.95. The molecule has 19 heavy (non-hydrogen) atoms. The molecule has 1 aliphatic heterocycles. The molecule has 0 spiro atoms. The van der Waals surface area contributed by atoms with Gasteiger partial charge in [0.15, 0.2) is 0 Å². The van der Waals surface area contributed by atoms with Gasteiger partial charge in [0, 0.05) is 6.54 Å². The second-order valence-electron chi connectivity index (χ2n) is 4.94. The van der Waals surface area contributed by atoms with Gasteiger partial charge >= 0.3 is 6.03 Å². The Hall–Kier alpha value is -1.49. The van der Waals surface area contributed by atoms with Crippen molar-refractivity contribution in [2.75, 3.05) is 26.2 Å². The number of carbonyl (C=O) groups is 1. The van der Waals surface area contributed by atoms with Crippen LogP contribution in [0.1, 0.15) is 31.4 Å². The molecule has 1 aliphatic rings. The Labute approximate surface area is 114 Å². The third-order valence-corrected chi connectivity index (χ3v) is 3.39. The van der Waals surface area contributed by atoms with E-state index in [1.165, 1.54) is 25.9 Å². The fourth-order valence-electron chi connectivity index (χ4n) is 2.31. The molecule has 0 radical (unpaired) electrons. The Morgan fingerprint density at radius 2 is 2.11 bits per heavy atom. The maximum Gasteiger partial charge on any atom is 0.315 e. The standard InChI is InChI=1S/C14H23N3O2/c18-14(16-12-13-6-5-11-19-13)15-7-1-2-8-17-9-3-4-10-17/h5-6,11H,1-4,7-10,12H2,(H2,15,16,18). The summed E-state index contributed by atoms with van der Waals surface area (Å²) in [6, 6.07) is 3.53. The molecule has 5 heteroatoms. The van der Waals surface area contributed by atoms with Crippen molar-refractivity contribution >= 4 is 6.03 Å². The number of likely N-dealkylation sites (tertiary alicyclic amines) is 1. The van der Waals surface area contributed by atoms with Crippen molar-refractivity contribution in [3.05, 3.63) is 24.2 Å². The summed E-state index contributed by atoms with van der Waals surface area (Å²) in [6.45, 7) is 4.83. The van der Waals surface area contributed by atoms with Crippen LogP contribution in [0.25, 0.3) is 0 Å². The van der Waals surface area contributed by atoms with Crippen LogP contribution < -0.4 is 10.6 Å². The van der Waals surface area contributed by atoms with Crippen molar-refractivity contribution in [1.82, 2.24) is 15.5 Å². The zero-order valence-corrected chi connectivity index (χ0v) is 11.4. The molecule has 0 aliphatic carbocycles. The minimum absolute atomic E-state index is 0.127. The first-order chi connectivity index (χ1) is 9.34. The number of nitrogens with zero attached hydrogens (tertiary/aromatic N) is 1. The minimum Gasteiger partial charge on any atom is -0.467 e. The van der Waals surface area contributed by atoms with Crippen LogP contribution in [0.5, 0.6) is 0 Å². The fraction of sp³-hybridized carbons (Fsp3) is 0.643. The Morgan fingerprint density at radius 3 is 2.84 bits per heavy atom. The molecule has 1 fully saturated rings. The first-order valence-corrected chi connectivity index (χ1v) is 7.11. The molecule has 1 aromatic heterocycles. The molecule has 1 aromatic rings. The van der Waals surface area contributed by atoms with Gasteiger partial charge in [0.1, 0.15) is 5.76 Å². The van der Waals surface area contributed by atoms with Gasteiger partial charge in [0.05, 0.1) is 12.8 Å². The highest BCUT2D eigenvalue weighted by atomic mass is 16.3. The molecule has 0 bridgehead atoms. The molecular formula is C14H23N3O2. The first kappa shape index (κ1) is 13.9. The lowest BCUT2D eigenvalue weighted by Crippen LogP contribution is -2.35. The quantitative estimate of drug-likeness (QED) is 0.741. The predicted molar refractivity (Wildman–Crippen MR) is 73.9 cm³/mol. The highest BCUT2D eigenvalue weighted by Crippen LogP contribution is 2.07. The van der Waals surface area contributed by atoms with Gasteiger partial charge in [-0.05, 0) is 57.5 Å². The van der Waals surface area contributed by atoms with Crippen LogP contribution in [0.2, 0.25) is 0 Å². The molecular weight excluding hydrogens is 242 g/mol. The highest BCUT2D eigenvalue weighted by Gasteiger charge is 2.10. The number of rotatable bonds is 7. The van der Waals surface area contributed by atoms with Gasteiger partial charge in [-0.25, -0.2) is 4.79 Å². The third-order valence-electron chi connectivity index (χ3n) is 3.39. The van der Waals surface area contributed by atoms with E-state index >= 15 is 0 Å². The van der Waals surface area contributed by atoms with Crippen molar-refractivity contribution in [3.63, 3.8) is 0 Å². The summed E-state index contributed by atoms with van der Waals surface area (Å²) in [5.41, 5.74) is 0. The maximum atomic E-state index is 11.5. The van der Waals surface area contributed by atoms with E-state index in [-0.39, 0.29) is 6.03 Å². The van der Waals surface area contributed by atoms with Gasteiger partial charge in [0.2, 0.25) is 0 Å². The number of furan rings is 1. The molecule has 2 amide bonds. The number of urea groups is 1. The van der Waals surface area contributed by atoms with Crippen molar-refractivity contribution in [3.8, 4) is 0 Å². The second-order valence-corrected chi connectivity index (χ2v) is 4.94. The molecule has 0 unspecified atom stereocenters. The van der Waals surface area contributed by atoms with Gasteiger partial charge in [0.25, 0.3) is 0 Å². The molecule has 0 aromatic carbocycles. The summed E-state index contributed by atoms with van der Waals surface area (Å²) in [4.78, 5) is 14.0. The lowest BCUT2D eigenvalue weighted by Gasteiger charge is -2.14. The summed E-state index contributed by atoms with van der Waals surface area (Å²) >= 11 is 0. The van der Waals surface area contributed by atoms with Gasteiger partial charge in [-0.2, -0.15) is 0 Å². The molecule has 2 heterocycles. The zero-order chi connectivity index (χ0) is 13.3. The Balaban J connectivity index is 1.45. The average Bonchev–Trinajstić information content (AvgIpc) is 3.09. The van der Waals surface area contributed by atoms with Crippen molar-refractivity contribution in [2.24, 2.45) is 0 Å². The van der Waals surface area contributed by atoms with Crippen LogP contribution >= 0.6 is 0 Å². The van der Waals surface area contributed by atoms with E-state index in [2.05, 4.69) is 15.5 Å². The number of amides is 2. The molecule has 5 nitrogen and oxygen atoms in total. The van der Waals surface area contributed by atoms with Gasteiger partial charge in [-0.3, -0.25) is 0 Å². The second kappa shape index (κ2) is 7.84. The first-order valence-electron chi connectivity index (χ1n) is 7.11. The zero-order valence-electron chi connectivity index (χ0n) is 11.4. The van der Waals surface area contributed by atoms with E-state index in [1.54, 1.807) is 6.26 Å². The van der Waals surface area contributed by atoms with Crippen molar-refractivity contribution in [2.45, 2.75) is 32.2 Å². The van der Waals surface area contributed by atoms with E-state index < -0.39 is 0 Å².